The van der Waals surface area contributed by atoms with E-state index < -0.39 is 0 Å². The number of nitrogens with zero attached hydrogens (tertiary/aromatic N) is 1. The molecule has 1 aromatic carbocycles. The summed E-state index contributed by atoms with van der Waals surface area (Å²) in [4.78, 5) is 4.09. The van der Waals surface area contributed by atoms with E-state index in [9.17, 15) is 4.39 Å². The van der Waals surface area contributed by atoms with Crippen LogP contribution in [0.1, 0.15) is 5.69 Å². The zero-order valence-electron chi connectivity index (χ0n) is 8.56. The molecule has 1 heterocycles. The van der Waals surface area contributed by atoms with E-state index in [4.69, 9.17) is 10.5 Å². The molecule has 2 rings (SSSR count). The predicted octanol–water partition coefficient (Wildman–Crippen LogP) is 2.38. The third-order valence-electron chi connectivity index (χ3n) is 2.11. The number of benzene rings is 1. The van der Waals surface area contributed by atoms with Crippen LogP contribution in [0.25, 0.3) is 0 Å². The Morgan fingerprint density at radius 3 is 2.62 bits per heavy atom. The lowest BCUT2D eigenvalue weighted by molar-refractivity contribution is 0.301. The topological polar surface area (TPSA) is 48.1 Å². The molecule has 0 saturated heterocycles. The lowest BCUT2D eigenvalue weighted by Gasteiger charge is -2.07. The van der Waals surface area contributed by atoms with E-state index in [0.717, 1.165) is 0 Å². The standard InChI is InChI=1S/C12H11FN2O/c13-9-3-5-10(6-4-9)16-8-12-11(14)2-1-7-15-12/h1-7H,8,14H2. The number of aromatic nitrogens is 1. The largest absolute Gasteiger partial charge is 0.487 e. The summed E-state index contributed by atoms with van der Waals surface area (Å²) >= 11 is 0. The van der Waals surface area contributed by atoms with Gasteiger partial charge in [-0.05, 0) is 36.4 Å². The van der Waals surface area contributed by atoms with Crippen molar-refractivity contribution in [3.63, 3.8) is 0 Å². The van der Waals surface area contributed by atoms with Crippen LogP contribution < -0.4 is 10.5 Å². The number of hydrogen-bond acceptors (Lipinski definition) is 3. The minimum Gasteiger partial charge on any atom is -0.487 e. The number of anilines is 1. The van der Waals surface area contributed by atoms with Gasteiger partial charge >= 0.3 is 0 Å². The number of nitrogen functional groups attached to an aromatic ring is 1. The third kappa shape index (κ3) is 2.48. The molecular formula is C12H11FN2O. The fourth-order valence-corrected chi connectivity index (χ4v) is 1.25. The van der Waals surface area contributed by atoms with Gasteiger partial charge in [0.25, 0.3) is 0 Å². The minimum atomic E-state index is -0.287. The van der Waals surface area contributed by atoms with Gasteiger partial charge in [0.2, 0.25) is 0 Å². The lowest BCUT2D eigenvalue weighted by atomic mass is 10.3. The number of ether oxygens (including phenoxy) is 1. The van der Waals surface area contributed by atoms with Crippen LogP contribution in [0, 0.1) is 5.82 Å². The van der Waals surface area contributed by atoms with Gasteiger partial charge in [-0.25, -0.2) is 4.39 Å². The Labute approximate surface area is 92.7 Å². The molecule has 0 spiro atoms. The van der Waals surface area contributed by atoms with Gasteiger partial charge in [0, 0.05) is 6.20 Å². The molecule has 0 aliphatic carbocycles. The van der Waals surface area contributed by atoms with E-state index >= 15 is 0 Å². The summed E-state index contributed by atoms with van der Waals surface area (Å²) in [5, 5.41) is 0. The maximum absolute atomic E-state index is 12.6. The maximum Gasteiger partial charge on any atom is 0.132 e. The summed E-state index contributed by atoms with van der Waals surface area (Å²) in [6.07, 6.45) is 1.65. The third-order valence-corrected chi connectivity index (χ3v) is 2.11. The molecule has 1 aromatic heterocycles. The Balaban J connectivity index is 2.02. The van der Waals surface area contributed by atoms with Crippen LogP contribution in [0.4, 0.5) is 10.1 Å². The van der Waals surface area contributed by atoms with Crippen LogP contribution >= 0.6 is 0 Å². The molecule has 0 fully saturated rings. The second-order valence-electron chi connectivity index (χ2n) is 3.28. The molecule has 82 valence electrons. The second kappa shape index (κ2) is 4.61. The van der Waals surface area contributed by atoms with Crippen molar-refractivity contribution < 1.29 is 9.13 Å². The van der Waals surface area contributed by atoms with Crippen molar-refractivity contribution in [3.05, 3.63) is 54.1 Å². The molecule has 0 amide bonds. The number of rotatable bonds is 3. The van der Waals surface area contributed by atoms with E-state index in [1.165, 1.54) is 12.1 Å². The first-order valence-corrected chi connectivity index (χ1v) is 4.83. The lowest BCUT2D eigenvalue weighted by Crippen LogP contribution is -2.02. The SMILES string of the molecule is Nc1cccnc1COc1ccc(F)cc1. The highest BCUT2D eigenvalue weighted by Gasteiger charge is 2.00. The van der Waals surface area contributed by atoms with Gasteiger partial charge in [-0.15, -0.1) is 0 Å². The molecule has 0 saturated carbocycles. The molecule has 0 aliphatic heterocycles. The average molecular weight is 218 g/mol. The monoisotopic (exact) mass is 218 g/mol. The summed E-state index contributed by atoms with van der Waals surface area (Å²) in [7, 11) is 0. The molecule has 2 aromatic rings. The van der Waals surface area contributed by atoms with Gasteiger partial charge in [0.05, 0.1) is 5.69 Å². The predicted molar refractivity (Wildman–Crippen MR) is 59.4 cm³/mol. The second-order valence-corrected chi connectivity index (χ2v) is 3.28. The number of nitrogens with two attached hydrogens (primary N) is 1. The van der Waals surface area contributed by atoms with Gasteiger partial charge in [0.1, 0.15) is 23.9 Å². The molecule has 0 atom stereocenters. The van der Waals surface area contributed by atoms with Crippen molar-refractivity contribution in [1.29, 1.82) is 0 Å². The van der Waals surface area contributed by atoms with E-state index in [1.54, 1.807) is 30.5 Å². The molecule has 2 N–H and O–H groups in total. The van der Waals surface area contributed by atoms with Crippen molar-refractivity contribution in [2.75, 3.05) is 5.73 Å². The molecule has 16 heavy (non-hydrogen) atoms. The molecular weight excluding hydrogens is 207 g/mol. The van der Waals surface area contributed by atoms with Crippen LogP contribution in [0.15, 0.2) is 42.6 Å². The highest BCUT2D eigenvalue weighted by atomic mass is 19.1. The number of pyridine rings is 1. The van der Waals surface area contributed by atoms with E-state index in [1.807, 2.05) is 0 Å². The van der Waals surface area contributed by atoms with Gasteiger partial charge in [-0.1, -0.05) is 0 Å². The maximum atomic E-state index is 12.6. The van der Waals surface area contributed by atoms with Crippen molar-refractivity contribution in [2.45, 2.75) is 6.61 Å². The summed E-state index contributed by atoms with van der Waals surface area (Å²) < 4.78 is 18.0. The Morgan fingerprint density at radius 2 is 1.94 bits per heavy atom. The highest BCUT2D eigenvalue weighted by Crippen LogP contribution is 2.14. The molecule has 0 aliphatic rings. The first-order chi connectivity index (χ1) is 7.75. The Hall–Kier alpha value is -2.10. The number of hydrogen-bond donors (Lipinski definition) is 1. The summed E-state index contributed by atoms with van der Waals surface area (Å²) in [5.74, 6) is 0.302. The average Bonchev–Trinajstić information content (AvgIpc) is 2.30. The minimum absolute atomic E-state index is 0.276. The van der Waals surface area contributed by atoms with E-state index in [0.29, 0.717) is 17.1 Å². The summed E-state index contributed by atoms with van der Waals surface area (Å²) in [6, 6.07) is 9.34. The van der Waals surface area contributed by atoms with Crippen LogP contribution in [-0.2, 0) is 6.61 Å². The first-order valence-electron chi connectivity index (χ1n) is 4.83. The molecule has 0 bridgehead atoms. The Bertz CT molecular complexity index is 471. The van der Waals surface area contributed by atoms with Gasteiger partial charge in [-0.2, -0.15) is 0 Å². The van der Waals surface area contributed by atoms with Crippen LogP contribution in [0.5, 0.6) is 5.75 Å². The first kappa shape index (κ1) is 10.4. The molecule has 3 nitrogen and oxygen atoms in total. The smallest absolute Gasteiger partial charge is 0.132 e. The zero-order chi connectivity index (χ0) is 11.4. The zero-order valence-corrected chi connectivity index (χ0v) is 8.56. The van der Waals surface area contributed by atoms with Crippen molar-refractivity contribution >= 4 is 5.69 Å². The van der Waals surface area contributed by atoms with Gasteiger partial charge < -0.3 is 10.5 Å². The van der Waals surface area contributed by atoms with Crippen molar-refractivity contribution in [2.24, 2.45) is 0 Å². The van der Waals surface area contributed by atoms with Crippen molar-refractivity contribution in [1.82, 2.24) is 4.98 Å². The molecule has 4 heteroatoms. The van der Waals surface area contributed by atoms with E-state index in [2.05, 4.69) is 4.98 Å². The summed E-state index contributed by atoms with van der Waals surface area (Å²) in [5.41, 5.74) is 6.97. The normalized spacial score (nSPS) is 10.1. The number of halogens is 1. The van der Waals surface area contributed by atoms with Crippen LogP contribution in [0.2, 0.25) is 0 Å². The summed E-state index contributed by atoms with van der Waals surface area (Å²) in [6.45, 7) is 0.276. The van der Waals surface area contributed by atoms with Crippen LogP contribution in [0.3, 0.4) is 0 Å². The fourth-order valence-electron chi connectivity index (χ4n) is 1.25. The quantitative estimate of drug-likeness (QED) is 0.860. The molecule has 0 unspecified atom stereocenters. The molecule has 0 radical (unpaired) electrons. The Kier molecular flexibility index (Phi) is 3.00. The van der Waals surface area contributed by atoms with Gasteiger partial charge in [0.15, 0.2) is 0 Å². The van der Waals surface area contributed by atoms with Crippen molar-refractivity contribution in [3.8, 4) is 5.75 Å². The highest BCUT2D eigenvalue weighted by molar-refractivity contribution is 5.41. The fraction of sp³-hybridized carbons (Fsp3) is 0.0833. The van der Waals surface area contributed by atoms with E-state index in [-0.39, 0.29) is 12.4 Å². The van der Waals surface area contributed by atoms with Crippen LogP contribution in [-0.4, -0.2) is 4.98 Å². The van der Waals surface area contributed by atoms with Gasteiger partial charge in [-0.3, -0.25) is 4.98 Å². The Morgan fingerprint density at radius 1 is 1.19 bits per heavy atom.